The third-order valence-corrected chi connectivity index (χ3v) is 3.98. The lowest BCUT2D eigenvalue weighted by molar-refractivity contribution is 0.0934. The molecule has 0 saturated carbocycles. The summed E-state index contributed by atoms with van der Waals surface area (Å²) in [5.74, 6) is 1.15. The lowest BCUT2D eigenvalue weighted by atomic mass is 10.1. The smallest absolute Gasteiger partial charge is 0.135 e. The molecule has 1 fully saturated rings. The van der Waals surface area contributed by atoms with E-state index in [1.807, 2.05) is 0 Å². The van der Waals surface area contributed by atoms with Crippen molar-refractivity contribution in [1.82, 2.24) is 15.3 Å². The average molecular weight is 262 g/mol. The number of likely N-dealkylation sites (N-methyl/N-ethyl adjacent to an activating group) is 1. The number of fused-ring (bicyclic) bond motifs is 1. The topological polar surface area (TPSA) is 50.3 Å². The summed E-state index contributed by atoms with van der Waals surface area (Å²) in [4.78, 5) is 11.4. The minimum absolute atomic E-state index is 0.383. The van der Waals surface area contributed by atoms with Crippen molar-refractivity contribution in [3.05, 3.63) is 17.6 Å². The van der Waals surface area contributed by atoms with Crippen molar-refractivity contribution >= 4 is 5.82 Å². The van der Waals surface area contributed by atoms with Crippen molar-refractivity contribution in [3.8, 4) is 0 Å². The number of morpholine rings is 1. The van der Waals surface area contributed by atoms with Gasteiger partial charge in [-0.25, -0.2) is 9.97 Å². The maximum atomic E-state index is 5.63. The lowest BCUT2D eigenvalue weighted by Crippen LogP contribution is -2.51. The molecule has 0 bridgehead atoms. The first kappa shape index (κ1) is 12.8. The van der Waals surface area contributed by atoms with Crippen LogP contribution in [-0.2, 0) is 17.6 Å². The summed E-state index contributed by atoms with van der Waals surface area (Å²) >= 11 is 0. The van der Waals surface area contributed by atoms with Gasteiger partial charge in [-0.3, -0.25) is 0 Å². The maximum Gasteiger partial charge on any atom is 0.135 e. The van der Waals surface area contributed by atoms with Crippen LogP contribution in [0.25, 0.3) is 0 Å². The summed E-state index contributed by atoms with van der Waals surface area (Å²) in [6, 6.07) is 0.383. The molecule has 1 saturated heterocycles. The number of hydrogen-bond acceptors (Lipinski definition) is 5. The Morgan fingerprint density at radius 3 is 3.26 bits per heavy atom. The van der Waals surface area contributed by atoms with Gasteiger partial charge in [-0.1, -0.05) is 6.92 Å². The number of hydrogen-bond donors (Lipinski definition) is 1. The van der Waals surface area contributed by atoms with Gasteiger partial charge in [0, 0.05) is 24.3 Å². The normalized spacial score (nSPS) is 22.6. The highest BCUT2D eigenvalue weighted by Crippen LogP contribution is 2.29. The number of nitrogens with one attached hydrogen (secondary N) is 1. The van der Waals surface area contributed by atoms with Crippen LogP contribution in [-0.4, -0.2) is 48.9 Å². The molecular formula is C14H22N4O. The Hall–Kier alpha value is -1.20. The van der Waals surface area contributed by atoms with Crippen LogP contribution in [0, 0.1) is 0 Å². The molecule has 0 aromatic carbocycles. The maximum absolute atomic E-state index is 5.63. The Kier molecular flexibility index (Phi) is 3.94. The molecule has 1 atom stereocenters. The molecule has 104 valence electrons. The molecule has 1 unspecified atom stereocenters. The van der Waals surface area contributed by atoms with Gasteiger partial charge in [-0.05, 0) is 25.8 Å². The molecule has 19 heavy (non-hydrogen) atoms. The summed E-state index contributed by atoms with van der Waals surface area (Å²) in [7, 11) is 0. The van der Waals surface area contributed by atoms with Gasteiger partial charge in [0.25, 0.3) is 0 Å². The first-order valence-electron chi connectivity index (χ1n) is 7.28. The predicted molar refractivity (Wildman–Crippen MR) is 74.6 cm³/mol. The van der Waals surface area contributed by atoms with Gasteiger partial charge in [0.15, 0.2) is 0 Å². The van der Waals surface area contributed by atoms with Gasteiger partial charge in [-0.15, -0.1) is 0 Å². The van der Waals surface area contributed by atoms with E-state index >= 15 is 0 Å². The Morgan fingerprint density at radius 1 is 1.42 bits per heavy atom. The molecule has 5 heteroatoms. The number of aryl methyl sites for hydroxylation is 1. The van der Waals surface area contributed by atoms with E-state index < -0.39 is 0 Å². The van der Waals surface area contributed by atoms with Gasteiger partial charge in [0.05, 0.1) is 19.3 Å². The highest BCUT2D eigenvalue weighted by molar-refractivity contribution is 5.51. The number of rotatable bonds is 4. The largest absolute Gasteiger partial charge is 0.377 e. The molecule has 2 heterocycles. The third-order valence-electron chi connectivity index (χ3n) is 3.98. The van der Waals surface area contributed by atoms with Crippen molar-refractivity contribution in [2.75, 3.05) is 37.7 Å². The minimum atomic E-state index is 0.383. The van der Waals surface area contributed by atoms with Crippen LogP contribution in [0.1, 0.15) is 24.6 Å². The molecule has 0 spiro atoms. The SMILES string of the molecule is CCNCC1COCCN1c1ncnc2c1CCC2. The fourth-order valence-corrected chi connectivity index (χ4v) is 3.00. The highest BCUT2D eigenvalue weighted by Gasteiger charge is 2.28. The molecule has 3 rings (SSSR count). The standard InChI is InChI=1S/C14H22N4O/c1-2-15-8-11-9-19-7-6-18(11)14-12-4-3-5-13(12)16-10-17-14/h10-11,15H,2-9H2,1H3. The number of aromatic nitrogens is 2. The van der Waals surface area contributed by atoms with E-state index in [1.54, 1.807) is 6.33 Å². The van der Waals surface area contributed by atoms with Crippen molar-refractivity contribution in [2.45, 2.75) is 32.2 Å². The first-order valence-corrected chi connectivity index (χ1v) is 7.28. The van der Waals surface area contributed by atoms with E-state index in [2.05, 4.69) is 27.1 Å². The molecule has 1 N–H and O–H groups in total. The third kappa shape index (κ3) is 2.58. The zero-order valence-corrected chi connectivity index (χ0v) is 11.6. The molecule has 1 aromatic heterocycles. The Bertz CT molecular complexity index is 437. The number of nitrogens with zero attached hydrogens (tertiary/aromatic N) is 3. The van der Waals surface area contributed by atoms with Crippen LogP contribution in [0.2, 0.25) is 0 Å². The first-order chi connectivity index (χ1) is 9.40. The number of ether oxygens (including phenoxy) is 1. The fraction of sp³-hybridized carbons (Fsp3) is 0.714. The van der Waals surface area contributed by atoms with Crippen LogP contribution in [0.15, 0.2) is 6.33 Å². The zero-order valence-electron chi connectivity index (χ0n) is 11.6. The molecule has 1 aliphatic carbocycles. The second-order valence-corrected chi connectivity index (χ2v) is 5.21. The molecule has 0 radical (unpaired) electrons. The summed E-state index contributed by atoms with van der Waals surface area (Å²) in [5.41, 5.74) is 2.62. The Morgan fingerprint density at radius 2 is 2.37 bits per heavy atom. The van der Waals surface area contributed by atoms with Gasteiger partial charge < -0.3 is 15.0 Å². The van der Waals surface area contributed by atoms with Crippen molar-refractivity contribution in [1.29, 1.82) is 0 Å². The minimum Gasteiger partial charge on any atom is -0.377 e. The van der Waals surface area contributed by atoms with Gasteiger partial charge in [-0.2, -0.15) is 0 Å². The van der Waals surface area contributed by atoms with E-state index in [4.69, 9.17) is 4.74 Å². The van der Waals surface area contributed by atoms with Gasteiger partial charge in [0.1, 0.15) is 12.1 Å². The Labute approximate surface area is 114 Å². The van der Waals surface area contributed by atoms with E-state index in [9.17, 15) is 0 Å². The monoisotopic (exact) mass is 262 g/mol. The van der Waals surface area contributed by atoms with Gasteiger partial charge in [0.2, 0.25) is 0 Å². The lowest BCUT2D eigenvalue weighted by Gasteiger charge is -2.37. The summed E-state index contributed by atoms with van der Waals surface area (Å²) in [5, 5.41) is 3.42. The molecule has 2 aliphatic rings. The summed E-state index contributed by atoms with van der Waals surface area (Å²) in [6.45, 7) is 6.59. The van der Waals surface area contributed by atoms with E-state index in [0.29, 0.717) is 6.04 Å². The van der Waals surface area contributed by atoms with Crippen LogP contribution >= 0.6 is 0 Å². The molecule has 1 aliphatic heterocycles. The summed E-state index contributed by atoms with van der Waals surface area (Å²) in [6.07, 6.45) is 5.16. The van der Waals surface area contributed by atoms with E-state index in [0.717, 1.165) is 51.5 Å². The highest BCUT2D eigenvalue weighted by atomic mass is 16.5. The van der Waals surface area contributed by atoms with Gasteiger partial charge >= 0.3 is 0 Å². The van der Waals surface area contributed by atoms with Crippen molar-refractivity contribution in [2.24, 2.45) is 0 Å². The number of anilines is 1. The zero-order chi connectivity index (χ0) is 13.1. The van der Waals surface area contributed by atoms with Crippen LogP contribution in [0.5, 0.6) is 0 Å². The second-order valence-electron chi connectivity index (χ2n) is 5.21. The quantitative estimate of drug-likeness (QED) is 0.869. The van der Waals surface area contributed by atoms with E-state index in [1.165, 1.54) is 17.7 Å². The molecular weight excluding hydrogens is 240 g/mol. The second kappa shape index (κ2) is 5.84. The molecule has 5 nitrogen and oxygen atoms in total. The molecule has 0 amide bonds. The fourth-order valence-electron chi connectivity index (χ4n) is 3.00. The predicted octanol–water partition coefficient (Wildman–Crippen LogP) is 0.780. The van der Waals surface area contributed by atoms with E-state index in [-0.39, 0.29) is 0 Å². The van der Waals surface area contributed by atoms with Crippen LogP contribution < -0.4 is 10.2 Å². The van der Waals surface area contributed by atoms with Crippen LogP contribution in [0.4, 0.5) is 5.82 Å². The average Bonchev–Trinajstić information content (AvgIpc) is 2.94. The van der Waals surface area contributed by atoms with Crippen molar-refractivity contribution in [3.63, 3.8) is 0 Å². The molecule has 1 aromatic rings. The Balaban J connectivity index is 1.84. The van der Waals surface area contributed by atoms with Crippen molar-refractivity contribution < 1.29 is 4.74 Å². The summed E-state index contributed by atoms with van der Waals surface area (Å²) < 4.78 is 5.63. The van der Waals surface area contributed by atoms with Crippen LogP contribution in [0.3, 0.4) is 0 Å².